The van der Waals surface area contributed by atoms with E-state index in [0.717, 1.165) is 16.6 Å². The van der Waals surface area contributed by atoms with Gasteiger partial charge >= 0.3 is 11.9 Å². The van der Waals surface area contributed by atoms with Crippen LogP contribution >= 0.6 is 11.6 Å². The van der Waals surface area contributed by atoms with Gasteiger partial charge in [0.15, 0.2) is 5.57 Å². The van der Waals surface area contributed by atoms with E-state index in [2.05, 4.69) is 15.3 Å². The van der Waals surface area contributed by atoms with Crippen LogP contribution in [0.2, 0.25) is 5.02 Å². The lowest BCUT2D eigenvalue weighted by Crippen LogP contribution is -2.42. The number of halogens is 1. The SMILES string of the molecule is CC1(C)OC(=O)C(=CNc2ccc3nc(-c4ccc(Cl)cc4)[nH]c3c2)C(=O)O1. The fraction of sp³-hybridized carbons (Fsp3) is 0.150. The first-order valence-corrected chi connectivity index (χ1v) is 8.88. The van der Waals surface area contributed by atoms with Gasteiger partial charge in [0.05, 0.1) is 11.0 Å². The molecular formula is C20H16ClN3O4. The Kier molecular flexibility index (Phi) is 4.31. The Morgan fingerprint density at radius 3 is 2.43 bits per heavy atom. The lowest BCUT2D eigenvalue weighted by molar-refractivity contribution is -0.222. The van der Waals surface area contributed by atoms with Crippen molar-refractivity contribution in [3.63, 3.8) is 0 Å². The van der Waals surface area contributed by atoms with Crippen molar-refractivity contribution in [3.05, 3.63) is 59.3 Å². The highest BCUT2D eigenvalue weighted by Gasteiger charge is 2.38. The number of anilines is 1. The molecule has 1 aliphatic rings. The molecule has 0 unspecified atom stereocenters. The molecule has 142 valence electrons. The van der Waals surface area contributed by atoms with Crippen molar-refractivity contribution in [1.82, 2.24) is 9.97 Å². The molecule has 1 fully saturated rings. The number of benzene rings is 2. The number of aromatic nitrogens is 2. The van der Waals surface area contributed by atoms with Crippen molar-refractivity contribution in [1.29, 1.82) is 0 Å². The van der Waals surface area contributed by atoms with Gasteiger partial charge in [-0.2, -0.15) is 0 Å². The second-order valence-electron chi connectivity index (χ2n) is 6.71. The minimum absolute atomic E-state index is 0.203. The standard InChI is InChI=1S/C20H16ClN3O4/c1-20(2)27-18(25)14(19(26)28-20)10-22-13-7-8-15-16(9-13)24-17(23-15)11-3-5-12(21)6-4-11/h3-10,22H,1-2H3,(H,23,24). The summed E-state index contributed by atoms with van der Waals surface area (Å²) < 4.78 is 10.1. The summed E-state index contributed by atoms with van der Waals surface area (Å²) in [6, 6.07) is 12.8. The van der Waals surface area contributed by atoms with E-state index in [1.165, 1.54) is 20.0 Å². The zero-order valence-corrected chi connectivity index (χ0v) is 15.8. The molecule has 3 aromatic rings. The van der Waals surface area contributed by atoms with Crippen molar-refractivity contribution < 1.29 is 19.1 Å². The highest BCUT2D eigenvalue weighted by atomic mass is 35.5. The van der Waals surface area contributed by atoms with Crippen LogP contribution in [0.25, 0.3) is 22.4 Å². The molecule has 28 heavy (non-hydrogen) atoms. The molecule has 0 saturated carbocycles. The topological polar surface area (TPSA) is 93.3 Å². The summed E-state index contributed by atoms with van der Waals surface area (Å²) >= 11 is 5.92. The predicted molar refractivity (Wildman–Crippen MR) is 105 cm³/mol. The lowest BCUT2D eigenvalue weighted by atomic mass is 10.2. The van der Waals surface area contributed by atoms with E-state index in [-0.39, 0.29) is 5.57 Å². The zero-order chi connectivity index (χ0) is 19.9. The molecule has 1 saturated heterocycles. The molecule has 0 aliphatic carbocycles. The minimum Gasteiger partial charge on any atom is -0.419 e. The number of ether oxygens (including phenoxy) is 2. The first-order chi connectivity index (χ1) is 13.3. The number of nitrogens with zero attached hydrogens (tertiary/aromatic N) is 1. The summed E-state index contributed by atoms with van der Waals surface area (Å²) in [4.78, 5) is 31.8. The summed E-state index contributed by atoms with van der Waals surface area (Å²) in [5.41, 5.74) is 2.94. The summed E-state index contributed by atoms with van der Waals surface area (Å²) in [6.07, 6.45) is 1.28. The van der Waals surface area contributed by atoms with Crippen molar-refractivity contribution >= 4 is 40.3 Å². The second kappa shape index (κ2) is 6.69. The number of carbonyl (C=O) groups is 2. The largest absolute Gasteiger partial charge is 0.419 e. The van der Waals surface area contributed by atoms with Gasteiger partial charge in [-0.15, -0.1) is 0 Å². The van der Waals surface area contributed by atoms with Gasteiger partial charge in [-0.05, 0) is 42.5 Å². The average Bonchev–Trinajstić information content (AvgIpc) is 3.04. The van der Waals surface area contributed by atoms with Crippen LogP contribution in [0.15, 0.2) is 54.2 Å². The quantitative estimate of drug-likeness (QED) is 0.394. The molecule has 0 amide bonds. The molecule has 2 N–H and O–H groups in total. The Morgan fingerprint density at radius 1 is 1.07 bits per heavy atom. The molecule has 7 nitrogen and oxygen atoms in total. The van der Waals surface area contributed by atoms with Crippen LogP contribution in [0, 0.1) is 0 Å². The highest BCUT2D eigenvalue weighted by Crippen LogP contribution is 2.25. The van der Waals surface area contributed by atoms with Gasteiger partial charge in [-0.3, -0.25) is 0 Å². The van der Waals surface area contributed by atoms with Gasteiger partial charge in [0, 0.05) is 36.3 Å². The zero-order valence-electron chi connectivity index (χ0n) is 15.1. The van der Waals surface area contributed by atoms with Gasteiger partial charge < -0.3 is 19.8 Å². The Morgan fingerprint density at radius 2 is 1.75 bits per heavy atom. The molecule has 1 aliphatic heterocycles. The van der Waals surface area contributed by atoms with E-state index in [9.17, 15) is 9.59 Å². The third-order valence-electron chi connectivity index (χ3n) is 4.10. The fourth-order valence-electron chi connectivity index (χ4n) is 2.78. The Hall–Kier alpha value is -3.32. The van der Waals surface area contributed by atoms with Crippen molar-refractivity contribution in [2.75, 3.05) is 5.32 Å². The molecule has 2 aromatic carbocycles. The Bertz CT molecular complexity index is 1090. The third-order valence-corrected chi connectivity index (χ3v) is 4.35. The molecule has 8 heteroatoms. The number of hydrogen-bond donors (Lipinski definition) is 2. The van der Waals surface area contributed by atoms with Crippen molar-refractivity contribution in [2.24, 2.45) is 0 Å². The summed E-state index contributed by atoms with van der Waals surface area (Å²) in [5.74, 6) is -2.02. The molecule has 0 atom stereocenters. The lowest BCUT2D eigenvalue weighted by Gasteiger charge is -2.29. The highest BCUT2D eigenvalue weighted by molar-refractivity contribution is 6.30. The normalized spacial score (nSPS) is 15.9. The Labute approximate surface area is 165 Å². The number of carbonyl (C=O) groups excluding carboxylic acids is 2. The number of nitrogens with one attached hydrogen (secondary N) is 2. The second-order valence-corrected chi connectivity index (χ2v) is 7.14. The number of aromatic amines is 1. The van der Waals surface area contributed by atoms with Crippen molar-refractivity contribution in [3.8, 4) is 11.4 Å². The number of rotatable bonds is 3. The van der Waals surface area contributed by atoms with Crippen LogP contribution in [-0.2, 0) is 19.1 Å². The van der Waals surface area contributed by atoms with Crippen molar-refractivity contribution in [2.45, 2.75) is 19.6 Å². The molecule has 4 rings (SSSR count). The van der Waals surface area contributed by atoms with Crippen LogP contribution in [-0.4, -0.2) is 27.7 Å². The van der Waals surface area contributed by atoms with E-state index >= 15 is 0 Å². The Balaban J connectivity index is 1.57. The smallest absolute Gasteiger partial charge is 0.350 e. The van der Waals surface area contributed by atoms with Gasteiger partial charge in [0.1, 0.15) is 5.82 Å². The average molecular weight is 398 g/mol. The number of hydrogen-bond acceptors (Lipinski definition) is 6. The number of imidazole rings is 1. The predicted octanol–water partition coefficient (Wildman–Crippen LogP) is 4.02. The van der Waals surface area contributed by atoms with E-state index in [1.54, 1.807) is 18.2 Å². The van der Waals surface area contributed by atoms with Crippen LogP contribution in [0.5, 0.6) is 0 Å². The number of esters is 2. The van der Waals surface area contributed by atoms with Gasteiger partial charge in [-0.25, -0.2) is 14.6 Å². The monoisotopic (exact) mass is 397 g/mol. The molecule has 1 aromatic heterocycles. The maximum atomic E-state index is 12.0. The van der Waals surface area contributed by atoms with E-state index in [0.29, 0.717) is 16.5 Å². The van der Waals surface area contributed by atoms with Crippen LogP contribution in [0.1, 0.15) is 13.8 Å². The summed E-state index contributed by atoms with van der Waals surface area (Å²) in [5, 5.41) is 3.58. The minimum atomic E-state index is -1.27. The van der Waals surface area contributed by atoms with Gasteiger partial charge in [0.25, 0.3) is 5.79 Å². The van der Waals surface area contributed by atoms with Crippen LogP contribution in [0.4, 0.5) is 5.69 Å². The fourth-order valence-corrected chi connectivity index (χ4v) is 2.90. The van der Waals surface area contributed by atoms with E-state index in [4.69, 9.17) is 21.1 Å². The van der Waals surface area contributed by atoms with Gasteiger partial charge in [-0.1, -0.05) is 11.6 Å². The maximum Gasteiger partial charge on any atom is 0.350 e. The first-order valence-electron chi connectivity index (χ1n) is 8.50. The van der Waals surface area contributed by atoms with E-state index in [1.807, 2.05) is 24.3 Å². The van der Waals surface area contributed by atoms with Crippen LogP contribution < -0.4 is 5.32 Å². The van der Waals surface area contributed by atoms with Gasteiger partial charge in [0.2, 0.25) is 0 Å². The number of cyclic esters (lactones) is 2. The number of fused-ring (bicyclic) bond motifs is 1. The molecule has 0 spiro atoms. The molecule has 2 heterocycles. The third kappa shape index (κ3) is 3.57. The van der Waals surface area contributed by atoms with Crippen LogP contribution in [0.3, 0.4) is 0 Å². The molecule has 0 radical (unpaired) electrons. The maximum absolute atomic E-state index is 12.0. The number of H-pyrrole nitrogens is 1. The summed E-state index contributed by atoms with van der Waals surface area (Å²) in [7, 11) is 0. The molecular weight excluding hydrogens is 382 g/mol. The first kappa shape index (κ1) is 18.1. The molecule has 0 bridgehead atoms. The summed E-state index contributed by atoms with van der Waals surface area (Å²) in [6.45, 7) is 2.99. The van der Waals surface area contributed by atoms with E-state index < -0.39 is 17.7 Å².